The SMILES string of the molecule is CCC(=O)Nc1ccc(C)c(NC(=O)Cc2ccc(OC)cc2)c1. The third-order valence-corrected chi connectivity index (χ3v) is 3.64. The van der Waals surface area contributed by atoms with Gasteiger partial charge in [0.15, 0.2) is 0 Å². The molecule has 0 spiro atoms. The summed E-state index contributed by atoms with van der Waals surface area (Å²) in [6, 6.07) is 12.8. The van der Waals surface area contributed by atoms with Gasteiger partial charge in [0.05, 0.1) is 13.5 Å². The number of rotatable bonds is 6. The Hall–Kier alpha value is -2.82. The predicted octanol–water partition coefficient (Wildman–Crippen LogP) is 3.53. The molecule has 5 nitrogen and oxygen atoms in total. The van der Waals surface area contributed by atoms with Crippen LogP contribution in [0.1, 0.15) is 24.5 Å². The molecule has 0 unspecified atom stereocenters. The molecule has 2 aromatic carbocycles. The number of methoxy groups -OCH3 is 1. The van der Waals surface area contributed by atoms with Gasteiger partial charge in [-0.05, 0) is 42.3 Å². The second kappa shape index (κ2) is 8.15. The van der Waals surface area contributed by atoms with Crippen LogP contribution in [0.4, 0.5) is 11.4 Å². The van der Waals surface area contributed by atoms with E-state index >= 15 is 0 Å². The maximum absolute atomic E-state index is 12.2. The highest BCUT2D eigenvalue weighted by molar-refractivity contribution is 5.95. The zero-order chi connectivity index (χ0) is 17.5. The zero-order valence-electron chi connectivity index (χ0n) is 14.2. The minimum atomic E-state index is -0.109. The first kappa shape index (κ1) is 17.5. The number of ether oxygens (including phenoxy) is 1. The Morgan fingerprint density at radius 2 is 1.71 bits per heavy atom. The van der Waals surface area contributed by atoms with Gasteiger partial charge in [0, 0.05) is 17.8 Å². The molecule has 0 aliphatic rings. The monoisotopic (exact) mass is 326 g/mol. The molecule has 0 fully saturated rings. The molecule has 24 heavy (non-hydrogen) atoms. The summed E-state index contributed by atoms with van der Waals surface area (Å²) in [6.07, 6.45) is 0.683. The molecule has 0 aliphatic heterocycles. The van der Waals surface area contributed by atoms with Gasteiger partial charge < -0.3 is 15.4 Å². The van der Waals surface area contributed by atoms with Crippen molar-refractivity contribution in [2.75, 3.05) is 17.7 Å². The first-order chi connectivity index (χ1) is 11.5. The van der Waals surface area contributed by atoms with Crippen LogP contribution < -0.4 is 15.4 Å². The summed E-state index contributed by atoms with van der Waals surface area (Å²) in [5.74, 6) is 0.589. The molecule has 2 amide bonds. The summed E-state index contributed by atoms with van der Waals surface area (Å²) in [4.78, 5) is 23.7. The third-order valence-electron chi connectivity index (χ3n) is 3.64. The summed E-state index contributed by atoms with van der Waals surface area (Å²) < 4.78 is 5.10. The molecular weight excluding hydrogens is 304 g/mol. The summed E-state index contributed by atoms with van der Waals surface area (Å²) in [6.45, 7) is 3.70. The number of hydrogen-bond acceptors (Lipinski definition) is 3. The highest BCUT2D eigenvalue weighted by atomic mass is 16.5. The van der Waals surface area contributed by atoms with Crippen LogP contribution in [0.3, 0.4) is 0 Å². The highest BCUT2D eigenvalue weighted by Gasteiger charge is 2.08. The van der Waals surface area contributed by atoms with Crippen LogP contribution in [0.25, 0.3) is 0 Å². The van der Waals surface area contributed by atoms with Gasteiger partial charge in [-0.3, -0.25) is 9.59 Å². The lowest BCUT2D eigenvalue weighted by Crippen LogP contribution is -2.16. The second-order valence-electron chi connectivity index (χ2n) is 5.50. The van der Waals surface area contributed by atoms with Crippen molar-refractivity contribution in [3.05, 3.63) is 53.6 Å². The van der Waals surface area contributed by atoms with Crippen molar-refractivity contribution in [3.8, 4) is 5.75 Å². The fraction of sp³-hybridized carbons (Fsp3) is 0.263. The molecule has 2 rings (SSSR count). The Bertz CT molecular complexity index is 724. The van der Waals surface area contributed by atoms with Crippen LogP contribution in [0.2, 0.25) is 0 Å². The smallest absolute Gasteiger partial charge is 0.228 e. The molecular formula is C19H22N2O3. The maximum atomic E-state index is 12.2. The fourth-order valence-electron chi connectivity index (χ4n) is 2.21. The molecule has 0 bridgehead atoms. The lowest BCUT2D eigenvalue weighted by molar-refractivity contribution is -0.116. The molecule has 5 heteroatoms. The topological polar surface area (TPSA) is 67.4 Å². The Balaban J connectivity index is 2.04. The largest absolute Gasteiger partial charge is 0.497 e. The van der Waals surface area contributed by atoms with E-state index in [-0.39, 0.29) is 18.2 Å². The molecule has 0 saturated carbocycles. The first-order valence-electron chi connectivity index (χ1n) is 7.85. The van der Waals surface area contributed by atoms with E-state index in [1.54, 1.807) is 20.1 Å². The van der Waals surface area contributed by atoms with E-state index in [4.69, 9.17) is 4.74 Å². The maximum Gasteiger partial charge on any atom is 0.228 e. The van der Waals surface area contributed by atoms with Gasteiger partial charge >= 0.3 is 0 Å². The van der Waals surface area contributed by atoms with E-state index < -0.39 is 0 Å². The molecule has 0 aromatic heterocycles. The number of carbonyl (C=O) groups excluding carboxylic acids is 2. The lowest BCUT2D eigenvalue weighted by Gasteiger charge is -2.11. The van der Waals surface area contributed by atoms with E-state index in [2.05, 4.69) is 10.6 Å². The minimum Gasteiger partial charge on any atom is -0.497 e. The Morgan fingerprint density at radius 1 is 1.00 bits per heavy atom. The number of benzene rings is 2. The number of anilines is 2. The van der Waals surface area contributed by atoms with Gasteiger partial charge in [0.2, 0.25) is 11.8 Å². The summed E-state index contributed by atoms with van der Waals surface area (Å²) in [5.41, 5.74) is 3.21. The number of nitrogens with one attached hydrogen (secondary N) is 2. The van der Waals surface area contributed by atoms with Crippen LogP contribution in [-0.4, -0.2) is 18.9 Å². The molecule has 126 valence electrons. The van der Waals surface area contributed by atoms with Crippen molar-refractivity contribution in [1.29, 1.82) is 0 Å². The van der Waals surface area contributed by atoms with E-state index in [0.717, 1.165) is 16.9 Å². The van der Waals surface area contributed by atoms with E-state index in [1.807, 2.05) is 43.3 Å². The highest BCUT2D eigenvalue weighted by Crippen LogP contribution is 2.21. The van der Waals surface area contributed by atoms with Crippen LogP contribution in [0.5, 0.6) is 5.75 Å². The zero-order valence-corrected chi connectivity index (χ0v) is 14.2. The quantitative estimate of drug-likeness (QED) is 0.853. The van der Waals surface area contributed by atoms with Crippen LogP contribution >= 0.6 is 0 Å². The Labute approximate surface area is 142 Å². The average Bonchev–Trinajstić information content (AvgIpc) is 2.58. The number of amides is 2. The number of aryl methyl sites for hydroxylation is 1. The third kappa shape index (κ3) is 4.84. The van der Waals surface area contributed by atoms with Gasteiger partial charge in [-0.1, -0.05) is 25.1 Å². The second-order valence-corrected chi connectivity index (χ2v) is 5.50. The lowest BCUT2D eigenvalue weighted by atomic mass is 10.1. The van der Waals surface area contributed by atoms with Crippen molar-refractivity contribution in [1.82, 2.24) is 0 Å². The molecule has 0 aliphatic carbocycles. The normalized spacial score (nSPS) is 10.1. The molecule has 0 radical (unpaired) electrons. The van der Waals surface area contributed by atoms with Crippen LogP contribution in [0.15, 0.2) is 42.5 Å². The number of hydrogen-bond donors (Lipinski definition) is 2. The Morgan fingerprint density at radius 3 is 2.33 bits per heavy atom. The van der Waals surface area contributed by atoms with E-state index in [1.165, 1.54) is 0 Å². The van der Waals surface area contributed by atoms with Crippen LogP contribution in [-0.2, 0) is 16.0 Å². The van der Waals surface area contributed by atoms with E-state index in [9.17, 15) is 9.59 Å². The summed E-state index contributed by atoms with van der Waals surface area (Å²) >= 11 is 0. The van der Waals surface area contributed by atoms with Gasteiger partial charge in [-0.15, -0.1) is 0 Å². The molecule has 0 saturated heterocycles. The van der Waals surface area contributed by atoms with E-state index in [0.29, 0.717) is 17.8 Å². The van der Waals surface area contributed by atoms with Gasteiger partial charge in [-0.2, -0.15) is 0 Å². The van der Waals surface area contributed by atoms with Crippen molar-refractivity contribution >= 4 is 23.2 Å². The minimum absolute atomic E-state index is 0.0608. The van der Waals surface area contributed by atoms with Crippen LogP contribution in [0, 0.1) is 6.92 Å². The molecule has 0 atom stereocenters. The molecule has 0 heterocycles. The van der Waals surface area contributed by atoms with Crippen molar-refractivity contribution in [2.24, 2.45) is 0 Å². The predicted molar refractivity (Wildman–Crippen MR) is 95.4 cm³/mol. The van der Waals surface area contributed by atoms with Gasteiger partial charge in [0.25, 0.3) is 0 Å². The fourth-order valence-corrected chi connectivity index (χ4v) is 2.21. The molecule has 2 N–H and O–H groups in total. The van der Waals surface area contributed by atoms with Crippen molar-refractivity contribution in [3.63, 3.8) is 0 Å². The first-order valence-corrected chi connectivity index (χ1v) is 7.85. The summed E-state index contributed by atoms with van der Waals surface area (Å²) in [5, 5.41) is 5.69. The molecule has 2 aromatic rings. The standard InChI is InChI=1S/C19H22N2O3/c1-4-18(22)20-15-8-5-13(2)17(12-15)21-19(23)11-14-6-9-16(24-3)10-7-14/h5-10,12H,4,11H2,1-3H3,(H,20,22)(H,21,23). The van der Waals surface area contributed by atoms with Crippen molar-refractivity contribution < 1.29 is 14.3 Å². The van der Waals surface area contributed by atoms with Gasteiger partial charge in [0.1, 0.15) is 5.75 Å². The van der Waals surface area contributed by atoms with Gasteiger partial charge in [-0.25, -0.2) is 0 Å². The Kier molecular flexibility index (Phi) is 5.95. The average molecular weight is 326 g/mol. The van der Waals surface area contributed by atoms with Crippen molar-refractivity contribution in [2.45, 2.75) is 26.7 Å². The number of carbonyl (C=O) groups is 2. The summed E-state index contributed by atoms with van der Waals surface area (Å²) in [7, 11) is 1.61.